The number of rotatable bonds is 5. The van der Waals surface area contributed by atoms with Crippen LogP contribution in [0.1, 0.15) is 52.4 Å². The van der Waals surface area contributed by atoms with E-state index in [9.17, 15) is 4.79 Å². The van der Waals surface area contributed by atoms with Crippen molar-refractivity contribution in [3.8, 4) is 11.8 Å². The van der Waals surface area contributed by atoms with E-state index in [4.69, 9.17) is 0 Å². The molecule has 2 rings (SSSR count). The van der Waals surface area contributed by atoms with E-state index in [1.165, 1.54) is 0 Å². The molecule has 0 saturated heterocycles. The molecule has 0 bridgehead atoms. The molecular formula is C19H25NO. The van der Waals surface area contributed by atoms with Crippen LogP contribution in [0.4, 0.5) is 5.69 Å². The van der Waals surface area contributed by atoms with Crippen molar-refractivity contribution < 1.29 is 4.79 Å². The van der Waals surface area contributed by atoms with Crippen molar-refractivity contribution in [1.29, 1.82) is 0 Å². The lowest BCUT2D eigenvalue weighted by molar-refractivity contribution is -0.119. The Labute approximate surface area is 128 Å². The van der Waals surface area contributed by atoms with E-state index in [2.05, 4.69) is 18.8 Å². The Kier molecular flexibility index (Phi) is 5.87. The zero-order valence-electron chi connectivity index (χ0n) is 13.1. The van der Waals surface area contributed by atoms with Gasteiger partial charge in [0, 0.05) is 18.0 Å². The zero-order chi connectivity index (χ0) is 15.1. The Morgan fingerprint density at radius 3 is 2.71 bits per heavy atom. The number of anilines is 1. The van der Waals surface area contributed by atoms with Crippen LogP contribution in [0.25, 0.3) is 0 Å². The molecule has 2 atom stereocenters. The molecule has 2 heteroatoms. The van der Waals surface area contributed by atoms with E-state index in [1.807, 2.05) is 42.2 Å². The molecule has 0 heterocycles. The molecule has 1 aromatic rings. The van der Waals surface area contributed by atoms with Crippen LogP contribution >= 0.6 is 0 Å². The van der Waals surface area contributed by atoms with Gasteiger partial charge >= 0.3 is 0 Å². The van der Waals surface area contributed by atoms with Crippen molar-refractivity contribution in [2.75, 3.05) is 4.90 Å². The number of hydrogen-bond acceptors (Lipinski definition) is 1. The van der Waals surface area contributed by atoms with E-state index in [0.29, 0.717) is 12.3 Å². The lowest BCUT2D eigenvalue weighted by Crippen LogP contribution is -2.42. The van der Waals surface area contributed by atoms with Gasteiger partial charge in [-0.05, 0) is 38.3 Å². The molecule has 1 fully saturated rings. The molecule has 0 N–H and O–H groups in total. The van der Waals surface area contributed by atoms with Gasteiger partial charge in [0.2, 0.25) is 5.91 Å². The van der Waals surface area contributed by atoms with E-state index in [-0.39, 0.29) is 11.9 Å². The lowest BCUT2D eigenvalue weighted by atomic mass is 10.0. The summed E-state index contributed by atoms with van der Waals surface area (Å²) in [5.74, 6) is 6.92. The Bertz CT molecular complexity index is 511. The van der Waals surface area contributed by atoms with Crippen molar-refractivity contribution in [2.24, 2.45) is 5.92 Å². The second kappa shape index (κ2) is 7.88. The molecule has 0 unspecified atom stereocenters. The molecule has 1 saturated carbocycles. The summed E-state index contributed by atoms with van der Waals surface area (Å²) < 4.78 is 0. The van der Waals surface area contributed by atoms with Gasteiger partial charge in [-0.15, -0.1) is 5.92 Å². The highest BCUT2D eigenvalue weighted by molar-refractivity contribution is 5.94. The second-order valence-electron chi connectivity index (χ2n) is 5.70. The Balaban J connectivity index is 2.26. The summed E-state index contributed by atoms with van der Waals surface area (Å²) in [5.41, 5.74) is 1.02. The average Bonchev–Trinajstić information content (AvgIpc) is 2.95. The number of carbonyl (C=O) groups is 1. The van der Waals surface area contributed by atoms with Crippen molar-refractivity contribution in [2.45, 2.75) is 58.4 Å². The minimum absolute atomic E-state index is 0.240. The Morgan fingerprint density at radius 1 is 1.29 bits per heavy atom. The molecule has 1 amide bonds. The molecule has 0 aliphatic heterocycles. The third-order valence-electron chi connectivity index (χ3n) is 4.19. The van der Waals surface area contributed by atoms with E-state index in [0.717, 1.165) is 37.8 Å². The van der Waals surface area contributed by atoms with Crippen molar-refractivity contribution in [3.05, 3.63) is 30.3 Å². The fourth-order valence-electron chi connectivity index (χ4n) is 3.16. The van der Waals surface area contributed by atoms with Crippen LogP contribution in [0.3, 0.4) is 0 Å². The average molecular weight is 283 g/mol. The number of carbonyl (C=O) groups excluding carboxylic acids is 1. The standard InChI is InChI=1S/C19H25NO/c1-3-5-15-19(21)20(17-12-7-6-8-13-17)18-14-9-11-16(18)10-4-2/h6-8,12-13,16,18H,3,5,9,11,14-15H2,1-2H3/t16-,18+/m1/s1. The highest BCUT2D eigenvalue weighted by Gasteiger charge is 2.34. The van der Waals surface area contributed by atoms with Gasteiger partial charge in [0.05, 0.1) is 6.04 Å². The molecule has 1 aromatic carbocycles. The minimum Gasteiger partial charge on any atom is -0.308 e. The van der Waals surface area contributed by atoms with Gasteiger partial charge in [0.1, 0.15) is 0 Å². The predicted molar refractivity (Wildman–Crippen MR) is 88.0 cm³/mol. The van der Waals surface area contributed by atoms with Crippen LogP contribution in [-0.4, -0.2) is 11.9 Å². The fraction of sp³-hybridized carbons (Fsp3) is 0.526. The van der Waals surface area contributed by atoms with Crippen molar-refractivity contribution in [1.82, 2.24) is 0 Å². The van der Waals surface area contributed by atoms with E-state index in [1.54, 1.807) is 0 Å². The van der Waals surface area contributed by atoms with Crippen LogP contribution < -0.4 is 4.90 Å². The van der Waals surface area contributed by atoms with E-state index >= 15 is 0 Å². The highest BCUT2D eigenvalue weighted by Crippen LogP contribution is 2.33. The van der Waals surface area contributed by atoms with Gasteiger partial charge in [-0.3, -0.25) is 4.79 Å². The van der Waals surface area contributed by atoms with E-state index < -0.39 is 0 Å². The molecule has 112 valence electrons. The summed E-state index contributed by atoms with van der Waals surface area (Å²) in [7, 11) is 0. The second-order valence-corrected chi connectivity index (χ2v) is 5.70. The van der Waals surface area contributed by atoms with Gasteiger partial charge in [-0.1, -0.05) is 43.9 Å². The quantitative estimate of drug-likeness (QED) is 0.733. The first-order chi connectivity index (χ1) is 10.3. The van der Waals surface area contributed by atoms with Crippen LogP contribution in [0.2, 0.25) is 0 Å². The summed E-state index contributed by atoms with van der Waals surface area (Å²) in [6.07, 6.45) is 5.97. The highest BCUT2D eigenvalue weighted by atomic mass is 16.2. The van der Waals surface area contributed by atoms with Gasteiger partial charge < -0.3 is 4.90 Å². The zero-order valence-corrected chi connectivity index (χ0v) is 13.1. The maximum Gasteiger partial charge on any atom is 0.227 e. The number of nitrogens with zero attached hydrogens (tertiary/aromatic N) is 1. The number of para-hydroxylation sites is 1. The molecule has 0 spiro atoms. The first-order valence-electron chi connectivity index (χ1n) is 8.07. The molecule has 0 aromatic heterocycles. The van der Waals surface area contributed by atoms with Crippen molar-refractivity contribution >= 4 is 11.6 Å². The molecule has 1 aliphatic rings. The maximum atomic E-state index is 12.7. The summed E-state index contributed by atoms with van der Waals surface area (Å²) in [6, 6.07) is 10.3. The largest absolute Gasteiger partial charge is 0.308 e. The molecule has 2 nitrogen and oxygen atoms in total. The predicted octanol–water partition coefficient (Wildman–Crippen LogP) is 4.40. The first kappa shape index (κ1) is 15.6. The van der Waals surface area contributed by atoms with Crippen molar-refractivity contribution in [3.63, 3.8) is 0 Å². The van der Waals surface area contributed by atoms with Gasteiger partial charge in [-0.2, -0.15) is 0 Å². The fourth-order valence-corrected chi connectivity index (χ4v) is 3.16. The molecule has 1 aliphatic carbocycles. The number of unbranched alkanes of at least 4 members (excludes halogenated alkanes) is 1. The summed E-state index contributed by atoms with van der Waals surface area (Å²) in [6.45, 7) is 4.02. The smallest absolute Gasteiger partial charge is 0.227 e. The summed E-state index contributed by atoms with van der Waals surface area (Å²) in [4.78, 5) is 14.7. The molecule has 21 heavy (non-hydrogen) atoms. The number of amides is 1. The molecule has 0 radical (unpaired) electrons. The summed E-state index contributed by atoms with van der Waals surface area (Å²) in [5, 5.41) is 0. The molecular weight excluding hydrogens is 258 g/mol. The van der Waals surface area contributed by atoms with Crippen LogP contribution in [0, 0.1) is 17.8 Å². The van der Waals surface area contributed by atoms with Gasteiger partial charge in [-0.25, -0.2) is 0 Å². The maximum absolute atomic E-state index is 12.7. The third kappa shape index (κ3) is 3.88. The monoisotopic (exact) mass is 283 g/mol. The van der Waals surface area contributed by atoms with Crippen LogP contribution in [0.15, 0.2) is 30.3 Å². The third-order valence-corrected chi connectivity index (χ3v) is 4.19. The van der Waals surface area contributed by atoms with Gasteiger partial charge in [0.15, 0.2) is 0 Å². The van der Waals surface area contributed by atoms with Crippen LogP contribution in [0.5, 0.6) is 0 Å². The Morgan fingerprint density at radius 2 is 2.05 bits per heavy atom. The van der Waals surface area contributed by atoms with Crippen LogP contribution in [-0.2, 0) is 4.79 Å². The summed E-state index contributed by atoms with van der Waals surface area (Å²) >= 11 is 0. The minimum atomic E-state index is 0.240. The SMILES string of the molecule is CC#C[C@@H]1CCC[C@@H]1N(C(=O)CCCC)c1ccccc1. The number of benzene rings is 1. The Hall–Kier alpha value is -1.75. The topological polar surface area (TPSA) is 20.3 Å². The first-order valence-corrected chi connectivity index (χ1v) is 8.07. The lowest BCUT2D eigenvalue weighted by Gasteiger charge is -2.31. The normalized spacial score (nSPS) is 20.7. The van der Waals surface area contributed by atoms with Gasteiger partial charge in [0.25, 0.3) is 0 Å². The number of hydrogen-bond donors (Lipinski definition) is 0.